The van der Waals surface area contributed by atoms with Crippen LogP contribution in [-0.4, -0.2) is 24.1 Å². The van der Waals surface area contributed by atoms with E-state index in [1.54, 1.807) is 6.07 Å². The van der Waals surface area contributed by atoms with Crippen molar-refractivity contribution in [3.8, 4) is 0 Å². The number of thiophene rings is 1. The fourth-order valence-corrected chi connectivity index (χ4v) is 5.44. The van der Waals surface area contributed by atoms with E-state index in [0.717, 1.165) is 17.5 Å². The molecule has 0 aliphatic carbocycles. The number of nitrogens with zero attached hydrogens (tertiary/aromatic N) is 1. The molecule has 3 rings (SSSR count). The monoisotopic (exact) mass is 501 g/mol. The van der Waals surface area contributed by atoms with Crippen LogP contribution in [0, 0.1) is 0 Å². The molecule has 1 aliphatic heterocycles. The minimum absolute atomic E-state index is 0.274. The lowest BCUT2D eigenvalue weighted by Crippen LogP contribution is -2.39. The Labute approximate surface area is 198 Å². The van der Waals surface area contributed by atoms with Crippen molar-refractivity contribution in [2.24, 2.45) is 11.6 Å². The molecule has 1 aromatic heterocycles. The van der Waals surface area contributed by atoms with Crippen molar-refractivity contribution in [1.29, 1.82) is 0 Å². The van der Waals surface area contributed by atoms with E-state index in [2.05, 4.69) is 10.0 Å². The lowest BCUT2D eigenvalue weighted by Gasteiger charge is -2.31. The highest BCUT2D eigenvalue weighted by Crippen LogP contribution is 2.36. The minimum atomic E-state index is -0.537. The summed E-state index contributed by atoms with van der Waals surface area (Å²) in [6.07, 6.45) is 1.65. The highest BCUT2D eigenvalue weighted by molar-refractivity contribution is 7.99. The molecule has 0 spiro atoms. The van der Waals surface area contributed by atoms with Gasteiger partial charge in [0.2, 0.25) is 0 Å². The number of nitrogens with two attached hydrogens (primary N) is 2. The largest absolute Gasteiger partial charge is 0.400 e. The predicted octanol–water partition coefficient (Wildman–Crippen LogP) is 4.97. The summed E-state index contributed by atoms with van der Waals surface area (Å²) in [7, 11) is 0. The Morgan fingerprint density at radius 1 is 1.29 bits per heavy atom. The van der Waals surface area contributed by atoms with Gasteiger partial charge in [-0.05, 0) is 36.4 Å². The first-order chi connectivity index (χ1) is 14.8. The number of urea groups is 1. The van der Waals surface area contributed by atoms with Crippen LogP contribution in [-0.2, 0) is 6.42 Å². The number of rotatable bonds is 6. The molecule has 0 saturated carbocycles. The summed E-state index contributed by atoms with van der Waals surface area (Å²) >= 11 is 14.1. The number of carbonyl (C=O) groups excluding carboxylic acids is 1. The second kappa shape index (κ2) is 11.1. The number of piperidine rings is 1. The maximum atomic E-state index is 15.0. The molecule has 2 aromatic rings. The van der Waals surface area contributed by atoms with E-state index in [0.29, 0.717) is 56.3 Å². The molecule has 0 radical (unpaired) electrons. The average Bonchev–Trinajstić information content (AvgIpc) is 3.08. The van der Waals surface area contributed by atoms with Crippen molar-refractivity contribution < 1.29 is 9.18 Å². The fraction of sp³-hybridized carbons (Fsp3) is 0.250. The zero-order valence-electron chi connectivity index (χ0n) is 16.5. The van der Waals surface area contributed by atoms with Crippen LogP contribution in [0.5, 0.6) is 0 Å². The van der Waals surface area contributed by atoms with E-state index in [1.807, 2.05) is 30.3 Å². The molecule has 0 unspecified atom stereocenters. The van der Waals surface area contributed by atoms with Gasteiger partial charge in [0, 0.05) is 24.2 Å². The zero-order valence-corrected chi connectivity index (χ0v) is 19.6. The van der Waals surface area contributed by atoms with Crippen molar-refractivity contribution >= 4 is 52.5 Å². The third kappa shape index (κ3) is 6.54. The Morgan fingerprint density at radius 3 is 2.71 bits per heavy atom. The van der Waals surface area contributed by atoms with Gasteiger partial charge in [-0.2, -0.15) is 0 Å². The van der Waals surface area contributed by atoms with Gasteiger partial charge in [-0.25, -0.2) is 15.0 Å². The Kier molecular flexibility index (Phi) is 8.50. The van der Waals surface area contributed by atoms with Gasteiger partial charge in [0.1, 0.15) is 10.2 Å². The molecule has 6 nitrogen and oxygen atoms in total. The van der Waals surface area contributed by atoms with Gasteiger partial charge in [-0.3, -0.25) is 4.72 Å². The van der Waals surface area contributed by atoms with Gasteiger partial charge in [-0.1, -0.05) is 53.5 Å². The number of hydrogen-bond acceptors (Lipinski definition) is 6. The smallest absolute Gasteiger partial charge is 0.325 e. The van der Waals surface area contributed by atoms with E-state index in [-0.39, 0.29) is 6.54 Å². The normalized spacial score (nSPS) is 17.4. The van der Waals surface area contributed by atoms with E-state index < -0.39 is 11.9 Å². The van der Waals surface area contributed by atoms with E-state index in [1.165, 1.54) is 16.3 Å². The number of benzene rings is 1. The molecule has 31 heavy (non-hydrogen) atoms. The maximum Gasteiger partial charge on any atom is 0.325 e. The number of hydrazine groups is 1. The second-order valence-corrected chi connectivity index (χ2v) is 9.96. The number of halogens is 3. The Morgan fingerprint density at radius 2 is 2.03 bits per heavy atom. The van der Waals surface area contributed by atoms with Crippen molar-refractivity contribution in [2.75, 3.05) is 13.1 Å². The van der Waals surface area contributed by atoms with Gasteiger partial charge in [0.25, 0.3) is 0 Å². The maximum absolute atomic E-state index is 15.0. The highest BCUT2D eigenvalue weighted by Gasteiger charge is 2.24. The van der Waals surface area contributed by atoms with Crippen LogP contribution >= 0.6 is 46.5 Å². The SMILES string of the molecule is NC(Cc1ccccc1)=C1/C(=C(/F)CNC(=O)NSc2cc(Cl)c(Cl)s2)CCCN1N. The third-order valence-corrected chi connectivity index (χ3v) is 7.31. The number of carbonyl (C=O) groups is 1. The Bertz CT molecular complexity index is 977. The van der Waals surface area contributed by atoms with Gasteiger partial charge in [0.15, 0.2) is 0 Å². The summed E-state index contributed by atoms with van der Waals surface area (Å²) in [6.45, 7) is 0.307. The zero-order chi connectivity index (χ0) is 22.4. The first-order valence-electron chi connectivity index (χ1n) is 9.43. The summed E-state index contributed by atoms with van der Waals surface area (Å²) in [4.78, 5) is 12.1. The first kappa shape index (κ1) is 23.7. The predicted molar refractivity (Wildman–Crippen MR) is 126 cm³/mol. The Hall–Kier alpha value is -1.91. The molecule has 6 N–H and O–H groups in total. The van der Waals surface area contributed by atoms with E-state index >= 15 is 4.39 Å². The van der Waals surface area contributed by atoms with E-state index in [9.17, 15) is 4.79 Å². The molecule has 0 bridgehead atoms. The molecular formula is C20H22Cl2FN5OS2. The molecule has 1 aliphatic rings. The minimum Gasteiger partial charge on any atom is -0.400 e. The topological polar surface area (TPSA) is 96.4 Å². The van der Waals surface area contributed by atoms with Gasteiger partial charge in [0.05, 0.1) is 21.5 Å². The van der Waals surface area contributed by atoms with Crippen molar-refractivity contribution in [1.82, 2.24) is 15.0 Å². The van der Waals surface area contributed by atoms with Gasteiger partial charge in [-0.15, -0.1) is 11.3 Å². The van der Waals surface area contributed by atoms with Crippen LogP contribution in [0.1, 0.15) is 18.4 Å². The standard InChI is InChI=1S/C20H22Cl2FN5OS2/c21-14-10-17(30-19(14)22)31-27-20(29)26-11-15(23)13-7-4-8-28(25)18(13)16(24)9-12-5-2-1-3-6-12/h1-3,5-6,10H,4,7-9,11,24-25H2,(H2,26,27,29)/b15-13+,18-16?. The van der Waals surface area contributed by atoms with Gasteiger partial charge >= 0.3 is 6.03 Å². The summed E-state index contributed by atoms with van der Waals surface area (Å²) in [5, 5.41) is 4.41. The van der Waals surface area contributed by atoms with E-state index in [4.69, 9.17) is 34.8 Å². The number of allylic oxidation sites excluding steroid dienone is 2. The molecule has 11 heteroatoms. The first-order valence-corrected chi connectivity index (χ1v) is 11.8. The van der Waals surface area contributed by atoms with Crippen LogP contribution < -0.4 is 21.6 Å². The van der Waals surface area contributed by atoms with Crippen molar-refractivity contribution in [3.05, 3.63) is 74.1 Å². The fourth-order valence-electron chi connectivity index (χ4n) is 3.15. The third-order valence-electron chi connectivity index (χ3n) is 4.54. The average molecular weight is 502 g/mol. The summed E-state index contributed by atoms with van der Waals surface area (Å²) in [5.74, 6) is 5.65. The Balaban J connectivity index is 1.66. The lowest BCUT2D eigenvalue weighted by molar-refractivity contribution is 0.246. The molecule has 1 fully saturated rings. The number of amides is 2. The molecule has 1 aromatic carbocycles. The second-order valence-electron chi connectivity index (χ2n) is 6.79. The number of nitrogens with one attached hydrogen (secondary N) is 2. The van der Waals surface area contributed by atoms with Crippen LogP contribution in [0.2, 0.25) is 9.36 Å². The lowest BCUT2D eigenvalue weighted by atomic mass is 9.97. The van der Waals surface area contributed by atoms with Crippen LogP contribution in [0.25, 0.3) is 0 Å². The molecule has 2 amide bonds. The molecule has 166 valence electrons. The molecule has 1 saturated heterocycles. The van der Waals surface area contributed by atoms with Crippen LogP contribution in [0.4, 0.5) is 9.18 Å². The summed E-state index contributed by atoms with van der Waals surface area (Å²) in [5.41, 5.74) is 8.73. The van der Waals surface area contributed by atoms with Crippen molar-refractivity contribution in [2.45, 2.75) is 23.5 Å². The number of hydrogen-bond donors (Lipinski definition) is 4. The molecular weight excluding hydrogens is 480 g/mol. The van der Waals surface area contributed by atoms with Gasteiger partial charge < -0.3 is 16.1 Å². The van der Waals surface area contributed by atoms with Crippen LogP contribution in [0.3, 0.4) is 0 Å². The van der Waals surface area contributed by atoms with Crippen LogP contribution in [0.15, 0.2) is 63.4 Å². The summed E-state index contributed by atoms with van der Waals surface area (Å²) < 4.78 is 18.7. The summed E-state index contributed by atoms with van der Waals surface area (Å²) in [6, 6.07) is 10.8. The highest BCUT2D eigenvalue weighted by atomic mass is 35.5. The van der Waals surface area contributed by atoms with Crippen molar-refractivity contribution in [3.63, 3.8) is 0 Å². The molecule has 0 atom stereocenters. The molecule has 2 heterocycles. The quantitative estimate of drug-likeness (QED) is 0.331.